The summed E-state index contributed by atoms with van der Waals surface area (Å²) in [5.74, 6) is 0. The van der Waals surface area contributed by atoms with Crippen molar-refractivity contribution in [3.05, 3.63) is 22.4 Å². The maximum atomic E-state index is 3.33. The highest BCUT2D eigenvalue weighted by atomic mass is 32.1. The molecule has 98 valence electrons. The summed E-state index contributed by atoms with van der Waals surface area (Å²) in [5, 5.41) is 7.73. The Hall–Kier alpha value is -0.380. The van der Waals surface area contributed by atoms with Crippen LogP contribution in [-0.4, -0.2) is 32.1 Å². The lowest BCUT2D eigenvalue weighted by atomic mass is 9.85. The summed E-state index contributed by atoms with van der Waals surface area (Å²) in [6.45, 7) is 7.96. The Kier molecular flexibility index (Phi) is 6.17. The van der Waals surface area contributed by atoms with Crippen molar-refractivity contribution in [1.29, 1.82) is 0 Å². The van der Waals surface area contributed by atoms with Gasteiger partial charge in [0.25, 0.3) is 0 Å². The molecule has 1 rings (SSSR count). The average molecular weight is 254 g/mol. The normalized spacial score (nSPS) is 15.1. The zero-order valence-electron chi connectivity index (χ0n) is 11.6. The molecule has 0 amide bonds. The molecule has 0 aliphatic carbocycles. The lowest BCUT2D eigenvalue weighted by Gasteiger charge is -2.33. The van der Waals surface area contributed by atoms with Crippen LogP contribution < -0.4 is 5.32 Å². The Morgan fingerprint density at radius 1 is 1.47 bits per heavy atom. The molecule has 0 aromatic carbocycles. The van der Waals surface area contributed by atoms with Crippen LogP contribution in [0.1, 0.15) is 32.3 Å². The van der Waals surface area contributed by atoms with Crippen LogP contribution in [0.3, 0.4) is 0 Å². The van der Waals surface area contributed by atoms with Gasteiger partial charge in [0.2, 0.25) is 0 Å². The monoisotopic (exact) mass is 254 g/mol. The van der Waals surface area contributed by atoms with E-state index >= 15 is 0 Å². The fourth-order valence-corrected chi connectivity index (χ4v) is 3.32. The van der Waals surface area contributed by atoms with Crippen LogP contribution in [0.5, 0.6) is 0 Å². The van der Waals surface area contributed by atoms with E-state index in [1.54, 1.807) is 11.3 Å². The summed E-state index contributed by atoms with van der Waals surface area (Å²) < 4.78 is 0. The van der Waals surface area contributed by atoms with E-state index in [1.807, 2.05) is 7.05 Å². The van der Waals surface area contributed by atoms with Crippen molar-refractivity contribution in [1.82, 2.24) is 10.2 Å². The molecule has 1 atom stereocenters. The minimum Gasteiger partial charge on any atom is -0.319 e. The molecule has 17 heavy (non-hydrogen) atoms. The van der Waals surface area contributed by atoms with Gasteiger partial charge in [-0.25, -0.2) is 0 Å². The van der Waals surface area contributed by atoms with Gasteiger partial charge in [-0.3, -0.25) is 0 Å². The van der Waals surface area contributed by atoms with E-state index in [0.29, 0.717) is 5.41 Å². The molecule has 0 bridgehead atoms. The first kappa shape index (κ1) is 14.7. The van der Waals surface area contributed by atoms with Gasteiger partial charge in [-0.05, 0) is 48.3 Å². The van der Waals surface area contributed by atoms with Crippen molar-refractivity contribution in [3.8, 4) is 0 Å². The first-order valence-electron chi connectivity index (χ1n) is 6.44. The van der Waals surface area contributed by atoms with Crippen molar-refractivity contribution in [2.24, 2.45) is 5.41 Å². The van der Waals surface area contributed by atoms with Gasteiger partial charge >= 0.3 is 0 Å². The second kappa shape index (κ2) is 7.14. The smallest absolute Gasteiger partial charge is 0.0239 e. The molecular formula is C14H26N2S. The van der Waals surface area contributed by atoms with Crippen LogP contribution in [0, 0.1) is 5.41 Å². The highest BCUT2D eigenvalue weighted by Gasteiger charge is 2.24. The zero-order chi connectivity index (χ0) is 12.7. The molecule has 0 saturated carbocycles. The van der Waals surface area contributed by atoms with Crippen molar-refractivity contribution < 1.29 is 0 Å². The Morgan fingerprint density at radius 3 is 2.76 bits per heavy atom. The fraction of sp³-hybridized carbons (Fsp3) is 0.714. The zero-order valence-corrected chi connectivity index (χ0v) is 12.4. The van der Waals surface area contributed by atoms with Crippen molar-refractivity contribution >= 4 is 11.3 Å². The predicted octanol–water partition coefficient (Wildman–Crippen LogP) is 3.21. The lowest BCUT2D eigenvalue weighted by Crippen LogP contribution is -2.39. The minimum atomic E-state index is 0.383. The van der Waals surface area contributed by atoms with Gasteiger partial charge in [-0.2, -0.15) is 11.3 Å². The summed E-state index contributed by atoms with van der Waals surface area (Å²) in [4.78, 5) is 2.44. The Morgan fingerprint density at radius 2 is 2.24 bits per heavy atom. The Balaban J connectivity index is 2.48. The number of thiophene rings is 1. The van der Waals surface area contributed by atoms with Gasteiger partial charge in [0, 0.05) is 19.6 Å². The molecule has 1 N–H and O–H groups in total. The van der Waals surface area contributed by atoms with E-state index in [4.69, 9.17) is 0 Å². The Bertz CT molecular complexity index is 289. The third kappa shape index (κ3) is 5.19. The molecule has 0 saturated heterocycles. The van der Waals surface area contributed by atoms with E-state index < -0.39 is 0 Å². The highest BCUT2D eigenvalue weighted by molar-refractivity contribution is 7.07. The maximum Gasteiger partial charge on any atom is 0.0239 e. The fourth-order valence-electron chi connectivity index (χ4n) is 2.66. The summed E-state index contributed by atoms with van der Waals surface area (Å²) in [6.07, 6.45) is 2.53. The third-order valence-corrected chi connectivity index (χ3v) is 3.87. The van der Waals surface area contributed by atoms with E-state index in [9.17, 15) is 0 Å². The summed E-state index contributed by atoms with van der Waals surface area (Å²) in [5.41, 5.74) is 1.81. The van der Waals surface area contributed by atoms with Crippen molar-refractivity contribution in [2.75, 3.05) is 27.2 Å². The van der Waals surface area contributed by atoms with Crippen LogP contribution >= 0.6 is 11.3 Å². The Labute approximate surface area is 110 Å². The molecule has 1 aromatic heterocycles. The van der Waals surface area contributed by atoms with Gasteiger partial charge in [-0.1, -0.05) is 20.3 Å². The molecule has 0 aliphatic heterocycles. The van der Waals surface area contributed by atoms with Crippen LogP contribution in [0.25, 0.3) is 0 Å². The summed E-state index contributed by atoms with van der Waals surface area (Å²) in [7, 11) is 4.27. The van der Waals surface area contributed by atoms with Crippen LogP contribution in [0.2, 0.25) is 0 Å². The van der Waals surface area contributed by atoms with Crippen LogP contribution in [-0.2, 0) is 6.54 Å². The minimum absolute atomic E-state index is 0.383. The summed E-state index contributed by atoms with van der Waals surface area (Å²) in [6, 6.07) is 2.22. The number of hydrogen-bond acceptors (Lipinski definition) is 3. The van der Waals surface area contributed by atoms with Gasteiger partial charge in [0.15, 0.2) is 0 Å². The quantitative estimate of drug-likeness (QED) is 0.766. The molecule has 0 radical (unpaired) electrons. The molecule has 1 heterocycles. The molecular weight excluding hydrogens is 228 g/mol. The molecule has 1 unspecified atom stereocenters. The van der Waals surface area contributed by atoms with E-state index in [1.165, 1.54) is 18.4 Å². The highest BCUT2D eigenvalue weighted by Crippen LogP contribution is 2.24. The standard InChI is InChI=1S/C14H26N2S/c1-5-7-14(2,11-15-3)12-16(4)9-13-6-8-17-10-13/h6,8,10,15H,5,7,9,11-12H2,1-4H3. The SMILES string of the molecule is CCCC(C)(CNC)CN(C)Cc1ccsc1. The molecule has 2 nitrogen and oxygen atoms in total. The first-order chi connectivity index (χ1) is 8.09. The van der Waals surface area contributed by atoms with Crippen molar-refractivity contribution in [3.63, 3.8) is 0 Å². The lowest BCUT2D eigenvalue weighted by molar-refractivity contribution is 0.171. The summed E-state index contributed by atoms with van der Waals surface area (Å²) >= 11 is 1.78. The topological polar surface area (TPSA) is 15.3 Å². The molecule has 1 aromatic rings. The number of nitrogens with one attached hydrogen (secondary N) is 1. The largest absolute Gasteiger partial charge is 0.319 e. The van der Waals surface area contributed by atoms with E-state index in [-0.39, 0.29) is 0 Å². The van der Waals surface area contributed by atoms with Gasteiger partial charge in [0.05, 0.1) is 0 Å². The second-order valence-corrected chi connectivity index (χ2v) is 6.17. The number of rotatable bonds is 8. The van der Waals surface area contributed by atoms with E-state index in [0.717, 1.165) is 19.6 Å². The molecule has 0 fully saturated rings. The average Bonchev–Trinajstić information content (AvgIpc) is 2.70. The van der Waals surface area contributed by atoms with Gasteiger partial charge in [0.1, 0.15) is 0 Å². The maximum absolute atomic E-state index is 3.33. The molecule has 0 spiro atoms. The molecule has 3 heteroatoms. The van der Waals surface area contributed by atoms with Crippen LogP contribution in [0.4, 0.5) is 0 Å². The van der Waals surface area contributed by atoms with Crippen molar-refractivity contribution in [2.45, 2.75) is 33.2 Å². The van der Waals surface area contributed by atoms with Gasteiger partial charge in [-0.15, -0.1) is 0 Å². The number of hydrogen-bond donors (Lipinski definition) is 1. The van der Waals surface area contributed by atoms with Gasteiger partial charge < -0.3 is 10.2 Å². The van der Waals surface area contributed by atoms with Crippen LogP contribution in [0.15, 0.2) is 16.8 Å². The molecule has 0 aliphatic rings. The predicted molar refractivity (Wildman–Crippen MR) is 77.6 cm³/mol. The first-order valence-corrected chi connectivity index (χ1v) is 7.38. The third-order valence-electron chi connectivity index (χ3n) is 3.14. The van der Waals surface area contributed by atoms with E-state index in [2.05, 4.69) is 47.9 Å². The number of nitrogens with zero attached hydrogens (tertiary/aromatic N) is 1. The second-order valence-electron chi connectivity index (χ2n) is 5.39.